The van der Waals surface area contributed by atoms with Crippen LogP contribution in [0.15, 0.2) is 40.8 Å². The highest BCUT2D eigenvalue weighted by Crippen LogP contribution is 2.33. The molecule has 1 heteroatoms. The summed E-state index contributed by atoms with van der Waals surface area (Å²) in [7, 11) is 0. The van der Waals surface area contributed by atoms with Gasteiger partial charge in [-0.15, -0.1) is 0 Å². The lowest BCUT2D eigenvalue weighted by atomic mass is 9.98. The van der Waals surface area contributed by atoms with Crippen LogP contribution in [-0.4, -0.2) is 0 Å². The van der Waals surface area contributed by atoms with E-state index in [1.165, 1.54) is 21.9 Å². The van der Waals surface area contributed by atoms with Crippen LogP contribution in [-0.2, 0) is 0 Å². The predicted octanol–water partition coefficient (Wildman–Crippen LogP) is 5.02. The highest BCUT2D eigenvalue weighted by Gasteiger charge is 2.11. The summed E-state index contributed by atoms with van der Waals surface area (Å²) in [6.45, 7) is 6.57. The molecular formula is C16H16O. The highest BCUT2D eigenvalue weighted by molar-refractivity contribution is 6.06. The van der Waals surface area contributed by atoms with Gasteiger partial charge in [-0.05, 0) is 36.1 Å². The fourth-order valence-electron chi connectivity index (χ4n) is 2.36. The normalized spacial score (nSPS) is 11.8. The SMILES string of the molecule is Cc1cc(C(C)C)cc2c1oc1ccccc12. The van der Waals surface area contributed by atoms with Crippen LogP contribution in [0.4, 0.5) is 0 Å². The first-order valence-electron chi connectivity index (χ1n) is 6.08. The molecule has 1 aromatic heterocycles. The van der Waals surface area contributed by atoms with E-state index in [0.29, 0.717) is 5.92 Å². The van der Waals surface area contributed by atoms with Crippen molar-refractivity contribution in [2.24, 2.45) is 0 Å². The Morgan fingerprint density at radius 3 is 2.53 bits per heavy atom. The minimum Gasteiger partial charge on any atom is -0.456 e. The first-order chi connectivity index (χ1) is 8.16. The van der Waals surface area contributed by atoms with E-state index in [1.54, 1.807) is 0 Å². The lowest BCUT2D eigenvalue weighted by Crippen LogP contribution is -1.88. The number of fused-ring (bicyclic) bond motifs is 3. The van der Waals surface area contributed by atoms with Crippen LogP contribution in [0, 0.1) is 6.92 Å². The molecule has 0 atom stereocenters. The van der Waals surface area contributed by atoms with Gasteiger partial charge in [0.2, 0.25) is 0 Å². The van der Waals surface area contributed by atoms with Gasteiger partial charge >= 0.3 is 0 Å². The Balaban J connectivity index is 2.46. The van der Waals surface area contributed by atoms with Crippen LogP contribution in [0.5, 0.6) is 0 Å². The van der Waals surface area contributed by atoms with Crippen molar-refractivity contribution in [3.63, 3.8) is 0 Å². The standard InChI is InChI=1S/C16H16O/c1-10(2)12-8-11(3)16-14(9-12)13-6-4-5-7-15(13)17-16/h4-10H,1-3H3. The first kappa shape index (κ1) is 10.4. The molecule has 2 aromatic carbocycles. The van der Waals surface area contributed by atoms with Crippen LogP contribution in [0.2, 0.25) is 0 Å². The Labute approximate surface area is 101 Å². The summed E-state index contributed by atoms with van der Waals surface area (Å²) < 4.78 is 5.92. The number of furan rings is 1. The topological polar surface area (TPSA) is 13.1 Å². The number of para-hydroxylation sites is 1. The van der Waals surface area contributed by atoms with E-state index in [9.17, 15) is 0 Å². The number of hydrogen-bond donors (Lipinski definition) is 0. The van der Waals surface area contributed by atoms with Gasteiger partial charge in [0.05, 0.1) is 0 Å². The van der Waals surface area contributed by atoms with Crippen LogP contribution in [0.25, 0.3) is 21.9 Å². The van der Waals surface area contributed by atoms with Gasteiger partial charge in [-0.3, -0.25) is 0 Å². The summed E-state index contributed by atoms with van der Waals surface area (Å²) >= 11 is 0. The van der Waals surface area contributed by atoms with Gasteiger partial charge in [-0.25, -0.2) is 0 Å². The molecule has 0 amide bonds. The minimum absolute atomic E-state index is 0.548. The van der Waals surface area contributed by atoms with Crippen molar-refractivity contribution >= 4 is 21.9 Å². The van der Waals surface area contributed by atoms with Gasteiger partial charge in [0.15, 0.2) is 0 Å². The third-order valence-electron chi connectivity index (χ3n) is 3.35. The molecule has 0 aliphatic heterocycles. The molecule has 0 spiro atoms. The number of benzene rings is 2. The molecule has 0 N–H and O–H groups in total. The quantitative estimate of drug-likeness (QED) is 0.565. The largest absolute Gasteiger partial charge is 0.456 e. The van der Waals surface area contributed by atoms with Gasteiger partial charge in [-0.2, -0.15) is 0 Å². The van der Waals surface area contributed by atoms with Crippen molar-refractivity contribution in [2.75, 3.05) is 0 Å². The Hall–Kier alpha value is -1.76. The number of hydrogen-bond acceptors (Lipinski definition) is 1. The van der Waals surface area contributed by atoms with E-state index < -0.39 is 0 Å². The van der Waals surface area contributed by atoms with E-state index in [2.05, 4.69) is 45.0 Å². The predicted molar refractivity (Wildman–Crippen MR) is 72.5 cm³/mol. The summed E-state index contributed by atoms with van der Waals surface area (Å²) in [6.07, 6.45) is 0. The number of aryl methyl sites for hydroxylation is 1. The molecule has 0 aliphatic rings. The maximum absolute atomic E-state index is 5.92. The average molecular weight is 224 g/mol. The lowest BCUT2D eigenvalue weighted by Gasteiger charge is -2.06. The van der Waals surface area contributed by atoms with Crippen LogP contribution in [0.1, 0.15) is 30.9 Å². The second kappa shape index (κ2) is 3.63. The zero-order valence-electron chi connectivity index (χ0n) is 10.4. The van der Waals surface area contributed by atoms with E-state index in [0.717, 1.165) is 11.2 Å². The van der Waals surface area contributed by atoms with E-state index >= 15 is 0 Å². The molecule has 0 unspecified atom stereocenters. The molecule has 0 bridgehead atoms. The van der Waals surface area contributed by atoms with Gasteiger partial charge in [0.25, 0.3) is 0 Å². The Kier molecular flexibility index (Phi) is 2.22. The molecular weight excluding hydrogens is 208 g/mol. The molecule has 1 nitrogen and oxygen atoms in total. The monoisotopic (exact) mass is 224 g/mol. The molecule has 3 rings (SSSR count). The van der Waals surface area contributed by atoms with Crippen LogP contribution < -0.4 is 0 Å². The highest BCUT2D eigenvalue weighted by atomic mass is 16.3. The molecule has 0 radical (unpaired) electrons. The summed E-state index contributed by atoms with van der Waals surface area (Å²) in [4.78, 5) is 0. The second-order valence-electron chi connectivity index (χ2n) is 4.97. The Morgan fingerprint density at radius 2 is 1.76 bits per heavy atom. The van der Waals surface area contributed by atoms with Crippen molar-refractivity contribution in [1.82, 2.24) is 0 Å². The van der Waals surface area contributed by atoms with Crippen molar-refractivity contribution in [2.45, 2.75) is 26.7 Å². The molecule has 1 heterocycles. The third-order valence-corrected chi connectivity index (χ3v) is 3.35. The fourth-order valence-corrected chi connectivity index (χ4v) is 2.36. The molecule has 17 heavy (non-hydrogen) atoms. The molecule has 0 saturated heterocycles. The minimum atomic E-state index is 0.548. The van der Waals surface area contributed by atoms with Crippen LogP contribution >= 0.6 is 0 Å². The molecule has 0 saturated carbocycles. The van der Waals surface area contributed by atoms with Crippen molar-refractivity contribution in [3.8, 4) is 0 Å². The van der Waals surface area contributed by atoms with Gasteiger partial charge in [0.1, 0.15) is 11.2 Å². The smallest absolute Gasteiger partial charge is 0.138 e. The maximum atomic E-state index is 5.92. The fraction of sp³-hybridized carbons (Fsp3) is 0.250. The van der Waals surface area contributed by atoms with Crippen molar-refractivity contribution < 1.29 is 4.42 Å². The Bertz CT molecular complexity index is 689. The lowest BCUT2D eigenvalue weighted by molar-refractivity contribution is 0.665. The average Bonchev–Trinajstić information content (AvgIpc) is 2.68. The summed E-state index contributed by atoms with van der Waals surface area (Å²) in [6, 6.07) is 12.7. The van der Waals surface area contributed by atoms with Crippen molar-refractivity contribution in [3.05, 3.63) is 47.5 Å². The first-order valence-corrected chi connectivity index (χ1v) is 6.08. The zero-order chi connectivity index (χ0) is 12.0. The summed E-state index contributed by atoms with van der Waals surface area (Å²) in [5.74, 6) is 0.548. The molecule has 0 fully saturated rings. The van der Waals surface area contributed by atoms with E-state index in [4.69, 9.17) is 4.42 Å². The van der Waals surface area contributed by atoms with Crippen LogP contribution in [0.3, 0.4) is 0 Å². The molecule has 0 aliphatic carbocycles. The van der Waals surface area contributed by atoms with Gasteiger partial charge in [0, 0.05) is 10.8 Å². The van der Waals surface area contributed by atoms with Gasteiger partial charge < -0.3 is 4.42 Å². The Morgan fingerprint density at radius 1 is 1.00 bits per heavy atom. The van der Waals surface area contributed by atoms with E-state index in [-0.39, 0.29) is 0 Å². The summed E-state index contributed by atoms with van der Waals surface area (Å²) in [5, 5.41) is 2.46. The van der Waals surface area contributed by atoms with E-state index in [1.807, 2.05) is 12.1 Å². The number of rotatable bonds is 1. The molecule has 86 valence electrons. The zero-order valence-corrected chi connectivity index (χ0v) is 10.4. The van der Waals surface area contributed by atoms with Gasteiger partial charge in [-0.1, -0.05) is 38.1 Å². The third kappa shape index (κ3) is 1.54. The second-order valence-corrected chi connectivity index (χ2v) is 4.97. The summed E-state index contributed by atoms with van der Waals surface area (Å²) in [5.41, 5.74) is 4.60. The molecule has 3 aromatic rings. The van der Waals surface area contributed by atoms with Crippen molar-refractivity contribution in [1.29, 1.82) is 0 Å². The maximum Gasteiger partial charge on any atom is 0.138 e.